The summed E-state index contributed by atoms with van der Waals surface area (Å²) in [6, 6.07) is 24.2. The fourth-order valence-corrected chi connectivity index (χ4v) is 5.76. The van der Waals surface area contributed by atoms with Gasteiger partial charge in [-0.05, 0) is 47.9 Å². The second-order valence-corrected chi connectivity index (χ2v) is 9.24. The third-order valence-corrected chi connectivity index (χ3v) is 7.26. The molecule has 0 amide bonds. The van der Waals surface area contributed by atoms with E-state index >= 15 is 0 Å². The van der Waals surface area contributed by atoms with Crippen molar-refractivity contribution in [1.29, 1.82) is 0 Å². The van der Waals surface area contributed by atoms with Crippen molar-refractivity contribution in [3.8, 4) is 0 Å². The van der Waals surface area contributed by atoms with Gasteiger partial charge >= 0.3 is 0 Å². The minimum Gasteiger partial charge on any atom is -0.468 e. The lowest BCUT2D eigenvalue weighted by atomic mass is 9.68. The lowest BCUT2D eigenvalue weighted by Crippen LogP contribution is -2.38. The topological polar surface area (TPSA) is 59.3 Å². The Morgan fingerprint density at radius 1 is 0.636 bits per heavy atom. The van der Waals surface area contributed by atoms with Crippen molar-refractivity contribution in [3.63, 3.8) is 0 Å². The molecule has 1 aliphatic heterocycles. The van der Waals surface area contributed by atoms with Crippen LogP contribution in [0.5, 0.6) is 0 Å². The summed E-state index contributed by atoms with van der Waals surface area (Å²) in [4.78, 5) is 27.0. The molecule has 2 heterocycles. The van der Waals surface area contributed by atoms with Crippen molar-refractivity contribution in [2.24, 2.45) is 0 Å². The molecular weight excluding hydrogens is 410 g/mol. The van der Waals surface area contributed by atoms with Crippen molar-refractivity contribution < 1.29 is 14.0 Å². The average molecular weight is 436 g/mol. The average Bonchev–Trinajstić information content (AvgIpc) is 3.38. The molecule has 0 spiro atoms. The molecule has 0 unspecified atom stereocenters. The van der Waals surface area contributed by atoms with Gasteiger partial charge in [0.2, 0.25) is 0 Å². The SMILES string of the molecule is O=C1C[C@@H](c2ccccc2)CC2=C1C(c1ccco1)C1=C(C[C@H](c3ccccc3)CC1=O)N2. The maximum Gasteiger partial charge on any atom is 0.162 e. The van der Waals surface area contributed by atoms with Crippen molar-refractivity contribution in [2.75, 3.05) is 0 Å². The summed E-state index contributed by atoms with van der Waals surface area (Å²) in [6.07, 6.45) is 4.03. The maximum absolute atomic E-state index is 13.5. The number of hydrogen-bond acceptors (Lipinski definition) is 4. The summed E-state index contributed by atoms with van der Waals surface area (Å²) in [7, 11) is 0. The molecule has 3 aromatic rings. The zero-order chi connectivity index (χ0) is 22.4. The van der Waals surface area contributed by atoms with Crippen LogP contribution in [0.25, 0.3) is 0 Å². The number of ketones is 2. The number of carbonyl (C=O) groups excluding carboxylic acids is 2. The summed E-state index contributed by atoms with van der Waals surface area (Å²) in [6.45, 7) is 0. The summed E-state index contributed by atoms with van der Waals surface area (Å²) < 4.78 is 5.79. The Kier molecular flexibility index (Phi) is 4.87. The zero-order valence-corrected chi connectivity index (χ0v) is 18.3. The Morgan fingerprint density at radius 2 is 1.15 bits per heavy atom. The van der Waals surface area contributed by atoms with E-state index < -0.39 is 5.92 Å². The molecule has 0 fully saturated rings. The number of allylic oxidation sites excluding steroid dienone is 4. The molecule has 0 radical (unpaired) electrons. The first kappa shape index (κ1) is 20.0. The number of Topliss-reactive ketones (excluding diaryl/α,β-unsaturated/α-hetero) is 2. The lowest BCUT2D eigenvalue weighted by molar-refractivity contribution is -0.117. The number of hydrogen-bond donors (Lipinski definition) is 1. The minimum absolute atomic E-state index is 0.100. The molecule has 33 heavy (non-hydrogen) atoms. The zero-order valence-electron chi connectivity index (χ0n) is 18.3. The van der Waals surface area contributed by atoms with E-state index in [4.69, 9.17) is 4.42 Å². The Balaban J connectivity index is 1.42. The third kappa shape index (κ3) is 3.46. The Morgan fingerprint density at radius 3 is 1.61 bits per heavy atom. The van der Waals surface area contributed by atoms with Crippen molar-refractivity contribution in [3.05, 3.63) is 118 Å². The summed E-state index contributed by atoms with van der Waals surface area (Å²) in [5, 5.41) is 3.59. The molecule has 4 heteroatoms. The van der Waals surface area contributed by atoms with Crippen LogP contribution < -0.4 is 5.32 Å². The molecule has 1 aromatic heterocycles. The maximum atomic E-state index is 13.5. The standard InChI is InChI=1S/C29H25NO3/c31-24-16-20(18-8-3-1-4-9-18)14-22-27(24)29(26-12-7-13-33-26)28-23(30-22)15-21(17-25(28)32)19-10-5-2-6-11-19/h1-13,20-21,29-30H,14-17H2/t20-,21-/m0/s1. The Labute approximate surface area is 193 Å². The van der Waals surface area contributed by atoms with Crippen LogP contribution in [0.15, 0.2) is 106 Å². The Hall–Kier alpha value is -3.66. The minimum atomic E-state index is -0.417. The molecular formula is C29H25NO3. The van der Waals surface area contributed by atoms with Gasteiger partial charge < -0.3 is 9.73 Å². The van der Waals surface area contributed by atoms with Gasteiger partial charge in [0.15, 0.2) is 11.6 Å². The van der Waals surface area contributed by atoms with Crippen molar-refractivity contribution in [2.45, 2.75) is 43.4 Å². The highest BCUT2D eigenvalue weighted by molar-refractivity contribution is 6.06. The van der Waals surface area contributed by atoms with Crippen LogP contribution in [0.3, 0.4) is 0 Å². The molecule has 2 atom stereocenters. The summed E-state index contributed by atoms with van der Waals surface area (Å²) in [5.41, 5.74) is 5.67. The van der Waals surface area contributed by atoms with Gasteiger partial charge in [0.05, 0.1) is 12.2 Å². The molecule has 4 nitrogen and oxygen atoms in total. The summed E-state index contributed by atoms with van der Waals surface area (Å²) in [5.74, 6) is 0.725. The highest BCUT2D eigenvalue weighted by atomic mass is 16.3. The third-order valence-electron chi connectivity index (χ3n) is 7.26. The molecule has 0 bridgehead atoms. The molecule has 3 aliphatic rings. The number of furan rings is 1. The molecule has 164 valence electrons. The van der Waals surface area contributed by atoms with E-state index in [1.54, 1.807) is 6.26 Å². The van der Waals surface area contributed by atoms with Gasteiger partial charge in [-0.2, -0.15) is 0 Å². The largest absolute Gasteiger partial charge is 0.468 e. The van der Waals surface area contributed by atoms with Gasteiger partial charge in [0, 0.05) is 35.4 Å². The smallest absolute Gasteiger partial charge is 0.162 e. The van der Waals surface area contributed by atoms with Gasteiger partial charge in [0.1, 0.15) is 5.76 Å². The predicted molar refractivity (Wildman–Crippen MR) is 125 cm³/mol. The molecule has 0 saturated carbocycles. The molecule has 2 aromatic carbocycles. The van der Waals surface area contributed by atoms with Gasteiger partial charge in [0.25, 0.3) is 0 Å². The van der Waals surface area contributed by atoms with Gasteiger partial charge in [-0.1, -0.05) is 60.7 Å². The number of carbonyl (C=O) groups is 2. The van der Waals surface area contributed by atoms with Crippen molar-refractivity contribution in [1.82, 2.24) is 5.32 Å². The van der Waals surface area contributed by atoms with Crippen LogP contribution in [-0.4, -0.2) is 11.6 Å². The van der Waals surface area contributed by atoms with Crippen LogP contribution in [0, 0.1) is 0 Å². The van der Waals surface area contributed by atoms with Gasteiger partial charge in [-0.3, -0.25) is 9.59 Å². The quantitative estimate of drug-likeness (QED) is 0.568. The second-order valence-electron chi connectivity index (χ2n) is 9.24. The van der Waals surface area contributed by atoms with E-state index in [0.717, 1.165) is 24.2 Å². The van der Waals surface area contributed by atoms with Crippen LogP contribution in [0.2, 0.25) is 0 Å². The highest BCUT2D eigenvalue weighted by Crippen LogP contribution is 2.49. The van der Waals surface area contributed by atoms with Crippen LogP contribution in [0.1, 0.15) is 60.3 Å². The monoisotopic (exact) mass is 435 g/mol. The normalized spacial score (nSPS) is 23.3. The molecule has 6 rings (SSSR count). The molecule has 1 N–H and O–H groups in total. The first-order chi connectivity index (χ1) is 16.2. The first-order valence-electron chi connectivity index (χ1n) is 11.6. The van der Waals surface area contributed by atoms with Crippen molar-refractivity contribution >= 4 is 11.6 Å². The van der Waals surface area contributed by atoms with Crippen LogP contribution in [-0.2, 0) is 9.59 Å². The number of dihydropyridines is 1. The first-order valence-corrected chi connectivity index (χ1v) is 11.6. The number of benzene rings is 2. The lowest BCUT2D eigenvalue weighted by Gasteiger charge is -2.39. The van der Waals surface area contributed by atoms with Gasteiger partial charge in [-0.15, -0.1) is 0 Å². The fourth-order valence-electron chi connectivity index (χ4n) is 5.76. The van der Waals surface area contributed by atoms with E-state index in [1.165, 1.54) is 11.1 Å². The van der Waals surface area contributed by atoms with E-state index in [2.05, 4.69) is 29.6 Å². The van der Waals surface area contributed by atoms with Crippen LogP contribution in [0.4, 0.5) is 0 Å². The number of rotatable bonds is 3. The number of nitrogens with one attached hydrogen (secondary N) is 1. The second kappa shape index (κ2) is 8.04. The van der Waals surface area contributed by atoms with E-state index in [-0.39, 0.29) is 23.4 Å². The van der Waals surface area contributed by atoms with E-state index in [9.17, 15) is 9.59 Å². The van der Waals surface area contributed by atoms with Crippen LogP contribution >= 0.6 is 0 Å². The van der Waals surface area contributed by atoms with E-state index in [1.807, 2.05) is 48.5 Å². The van der Waals surface area contributed by atoms with E-state index in [0.29, 0.717) is 29.7 Å². The molecule has 2 aliphatic carbocycles. The Bertz CT molecular complexity index is 1190. The summed E-state index contributed by atoms with van der Waals surface area (Å²) >= 11 is 0. The predicted octanol–water partition coefficient (Wildman–Crippen LogP) is 5.77. The molecule has 0 saturated heterocycles. The highest BCUT2D eigenvalue weighted by Gasteiger charge is 2.44. The fraction of sp³-hybridized carbons (Fsp3) is 0.241. The van der Waals surface area contributed by atoms with Gasteiger partial charge in [-0.25, -0.2) is 0 Å².